The number of phenolic OH excluding ortho intramolecular Hbond substituents is 1. The van der Waals surface area contributed by atoms with E-state index in [1.807, 2.05) is 0 Å². The number of carbonyl (C=O) groups excluding carboxylic acids is 2. The van der Waals surface area contributed by atoms with E-state index in [1.165, 1.54) is 31.2 Å². The molecule has 1 saturated heterocycles. The van der Waals surface area contributed by atoms with Gasteiger partial charge < -0.3 is 19.3 Å². The third-order valence-corrected chi connectivity index (χ3v) is 5.25. The minimum atomic E-state index is -1.47. The van der Waals surface area contributed by atoms with Crippen molar-refractivity contribution in [2.75, 3.05) is 27.4 Å². The van der Waals surface area contributed by atoms with E-state index in [2.05, 4.69) is 10.3 Å². The second-order valence-electron chi connectivity index (χ2n) is 8.72. The molecule has 1 fully saturated rings. The molecule has 2 N–H and O–H groups in total. The molecular weight excluding hydrogens is 409 g/mol. The van der Waals surface area contributed by atoms with E-state index in [4.69, 9.17) is 14.2 Å². The Morgan fingerprint density at radius 3 is 2.81 bits per heavy atom. The van der Waals surface area contributed by atoms with Gasteiger partial charge in [-0.2, -0.15) is 0 Å². The summed E-state index contributed by atoms with van der Waals surface area (Å²) in [5.74, 6) is -2.06. The first-order valence-corrected chi connectivity index (χ1v) is 9.94. The molecule has 0 unspecified atom stereocenters. The number of halogens is 1. The molecular formula is C21H28FN3O6. The fraction of sp³-hybridized carbons (Fsp3) is 0.571. The molecule has 3 rings (SSSR count). The van der Waals surface area contributed by atoms with E-state index in [1.54, 1.807) is 20.8 Å². The maximum Gasteiger partial charge on any atom is 0.414 e. The van der Waals surface area contributed by atoms with Gasteiger partial charge in [-0.15, -0.1) is 0 Å². The highest BCUT2D eigenvalue weighted by Gasteiger charge is 2.55. The molecule has 0 aromatic heterocycles. The molecule has 10 heteroatoms. The van der Waals surface area contributed by atoms with Gasteiger partial charge in [0.05, 0.1) is 25.2 Å². The van der Waals surface area contributed by atoms with Gasteiger partial charge in [-0.3, -0.25) is 15.0 Å². The van der Waals surface area contributed by atoms with Crippen LogP contribution in [0.5, 0.6) is 5.75 Å². The fourth-order valence-electron chi connectivity index (χ4n) is 3.87. The number of alkyl carbamates (subject to hydrolysis) is 1. The third kappa shape index (κ3) is 4.64. The van der Waals surface area contributed by atoms with Crippen LogP contribution in [-0.2, 0) is 24.5 Å². The zero-order chi connectivity index (χ0) is 23.0. The van der Waals surface area contributed by atoms with Gasteiger partial charge in [-0.1, -0.05) is 0 Å². The standard InChI is InChI=1S/C21H28FN3O6/c1-20(2,3)31-19(28)23-18-24-21(14-8-12(26)6-7-16(14)22)11-30-13(10-29-5)9-15(21)17(27)25(18)4/h6-8,13,15,26H,9-11H2,1-5H3,(H,23,24,28)/t13-,15+,21-/m1/s1. The highest BCUT2D eigenvalue weighted by Crippen LogP contribution is 2.46. The van der Waals surface area contributed by atoms with Crippen molar-refractivity contribution in [1.29, 1.82) is 0 Å². The normalized spacial score (nSPS) is 26.2. The van der Waals surface area contributed by atoms with E-state index < -0.39 is 29.0 Å². The first kappa shape index (κ1) is 23.0. The molecule has 2 amide bonds. The SMILES string of the molecule is COC[C@H]1C[C@H]2C(=O)N(C)C(NC(=O)OC(C)(C)C)=N[C@@]2(c2cc(O)ccc2F)CO1. The van der Waals surface area contributed by atoms with Crippen LogP contribution in [0.25, 0.3) is 0 Å². The van der Waals surface area contributed by atoms with Crippen molar-refractivity contribution in [3.63, 3.8) is 0 Å². The van der Waals surface area contributed by atoms with Crippen LogP contribution in [0.15, 0.2) is 23.2 Å². The Kier molecular flexibility index (Phi) is 6.24. The number of nitrogens with one attached hydrogen (secondary N) is 1. The van der Waals surface area contributed by atoms with Crippen molar-refractivity contribution in [2.24, 2.45) is 10.9 Å². The molecule has 31 heavy (non-hydrogen) atoms. The van der Waals surface area contributed by atoms with Crippen LogP contribution in [0.1, 0.15) is 32.8 Å². The Labute approximate surface area is 180 Å². The summed E-state index contributed by atoms with van der Waals surface area (Å²) in [6.45, 7) is 5.24. The molecule has 0 bridgehead atoms. The lowest BCUT2D eigenvalue weighted by molar-refractivity contribution is -0.148. The molecule has 1 aromatic rings. The predicted octanol–water partition coefficient (Wildman–Crippen LogP) is 2.13. The van der Waals surface area contributed by atoms with Crippen molar-refractivity contribution in [3.05, 3.63) is 29.6 Å². The summed E-state index contributed by atoms with van der Waals surface area (Å²) in [5, 5.41) is 12.5. The van der Waals surface area contributed by atoms with Crippen molar-refractivity contribution in [2.45, 2.75) is 44.4 Å². The number of phenols is 1. The van der Waals surface area contributed by atoms with Crippen LogP contribution in [-0.4, -0.2) is 67.0 Å². The molecule has 0 saturated carbocycles. The minimum absolute atomic E-state index is 0.0123. The lowest BCUT2D eigenvalue weighted by atomic mass is 9.72. The van der Waals surface area contributed by atoms with Crippen molar-refractivity contribution >= 4 is 18.0 Å². The summed E-state index contributed by atoms with van der Waals surface area (Å²) in [7, 11) is 3.00. The zero-order valence-electron chi connectivity index (χ0n) is 18.3. The quantitative estimate of drug-likeness (QED) is 0.750. The number of hydrogen-bond acceptors (Lipinski definition) is 7. The topological polar surface area (TPSA) is 110 Å². The predicted molar refractivity (Wildman–Crippen MR) is 109 cm³/mol. The Bertz CT molecular complexity index is 900. The lowest BCUT2D eigenvalue weighted by Gasteiger charge is -2.47. The largest absolute Gasteiger partial charge is 0.508 e. The van der Waals surface area contributed by atoms with Gasteiger partial charge >= 0.3 is 6.09 Å². The summed E-state index contributed by atoms with van der Waals surface area (Å²) in [5.41, 5.74) is -2.22. The average molecular weight is 437 g/mol. The number of aromatic hydroxyl groups is 1. The van der Waals surface area contributed by atoms with Gasteiger partial charge in [-0.25, -0.2) is 14.2 Å². The second-order valence-corrected chi connectivity index (χ2v) is 8.72. The van der Waals surface area contributed by atoms with Crippen LogP contribution in [0, 0.1) is 11.7 Å². The Hall–Kier alpha value is -2.72. The van der Waals surface area contributed by atoms with Crippen LogP contribution in [0.2, 0.25) is 0 Å². The van der Waals surface area contributed by atoms with Crippen LogP contribution in [0.4, 0.5) is 9.18 Å². The highest BCUT2D eigenvalue weighted by atomic mass is 19.1. The van der Waals surface area contributed by atoms with E-state index in [9.17, 15) is 19.1 Å². The second kappa shape index (κ2) is 8.43. The molecule has 0 aliphatic carbocycles. The molecule has 9 nitrogen and oxygen atoms in total. The van der Waals surface area contributed by atoms with Crippen LogP contribution >= 0.6 is 0 Å². The number of benzene rings is 1. The first-order valence-electron chi connectivity index (χ1n) is 9.94. The van der Waals surface area contributed by atoms with Crippen LogP contribution in [0.3, 0.4) is 0 Å². The number of guanidine groups is 1. The van der Waals surface area contributed by atoms with Gasteiger partial charge in [-0.05, 0) is 45.4 Å². The van der Waals surface area contributed by atoms with E-state index >= 15 is 0 Å². The van der Waals surface area contributed by atoms with E-state index in [0.717, 1.165) is 6.07 Å². The summed E-state index contributed by atoms with van der Waals surface area (Å²) in [6, 6.07) is 3.55. The molecule has 2 aliphatic rings. The third-order valence-electron chi connectivity index (χ3n) is 5.25. The van der Waals surface area contributed by atoms with Crippen molar-refractivity contribution in [1.82, 2.24) is 10.2 Å². The lowest BCUT2D eigenvalue weighted by Crippen LogP contribution is -2.61. The number of amides is 2. The Balaban J connectivity index is 2.08. The number of hydrogen-bond donors (Lipinski definition) is 2. The van der Waals surface area contributed by atoms with Crippen LogP contribution < -0.4 is 5.32 Å². The molecule has 3 atom stereocenters. The van der Waals surface area contributed by atoms with Gasteiger partial charge in [0.15, 0.2) is 0 Å². The maximum atomic E-state index is 14.9. The Morgan fingerprint density at radius 1 is 1.45 bits per heavy atom. The molecule has 2 heterocycles. The molecule has 0 radical (unpaired) electrons. The van der Waals surface area contributed by atoms with E-state index in [-0.39, 0.29) is 48.9 Å². The number of nitrogens with zero attached hydrogens (tertiary/aromatic N) is 2. The number of aliphatic imine (C=N–C) groups is 1. The monoisotopic (exact) mass is 437 g/mol. The number of ether oxygens (including phenoxy) is 3. The summed E-state index contributed by atoms with van der Waals surface area (Å²) in [6.07, 6.45) is -0.948. The summed E-state index contributed by atoms with van der Waals surface area (Å²) < 4.78 is 31.2. The summed E-state index contributed by atoms with van der Waals surface area (Å²) >= 11 is 0. The van der Waals surface area contributed by atoms with Gasteiger partial charge in [0, 0.05) is 19.7 Å². The fourth-order valence-corrected chi connectivity index (χ4v) is 3.87. The zero-order valence-corrected chi connectivity index (χ0v) is 18.3. The molecule has 0 spiro atoms. The smallest absolute Gasteiger partial charge is 0.414 e. The first-order chi connectivity index (χ1) is 14.5. The van der Waals surface area contributed by atoms with Crippen molar-refractivity contribution in [3.8, 4) is 5.75 Å². The van der Waals surface area contributed by atoms with E-state index in [0.29, 0.717) is 0 Å². The summed E-state index contributed by atoms with van der Waals surface area (Å²) in [4.78, 5) is 31.5. The van der Waals surface area contributed by atoms with Crippen molar-refractivity contribution < 1.29 is 33.3 Å². The maximum absolute atomic E-state index is 14.9. The van der Waals surface area contributed by atoms with Gasteiger partial charge in [0.25, 0.3) is 0 Å². The number of fused-ring (bicyclic) bond motifs is 1. The minimum Gasteiger partial charge on any atom is -0.508 e. The highest BCUT2D eigenvalue weighted by molar-refractivity contribution is 6.05. The van der Waals surface area contributed by atoms with Gasteiger partial charge in [0.2, 0.25) is 11.9 Å². The number of carbonyl (C=O) groups is 2. The molecule has 170 valence electrons. The number of methoxy groups -OCH3 is 1. The average Bonchev–Trinajstić information content (AvgIpc) is 2.67. The molecule has 1 aromatic carbocycles. The number of rotatable bonds is 3. The molecule has 2 aliphatic heterocycles. The Morgan fingerprint density at radius 2 is 2.16 bits per heavy atom. The van der Waals surface area contributed by atoms with Gasteiger partial charge in [0.1, 0.15) is 22.7 Å².